The lowest BCUT2D eigenvalue weighted by molar-refractivity contribution is -0.445. The summed E-state index contributed by atoms with van der Waals surface area (Å²) in [6, 6.07) is 0. The molecule has 1 heterocycles. The monoisotopic (exact) mass is 198 g/mol. The van der Waals surface area contributed by atoms with Gasteiger partial charge in [0.1, 0.15) is 5.60 Å². The molecular formula is C10H14O4. The maximum absolute atomic E-state index is 11.6. The van der Waals surface area contributed by atoms with Gasteiger partial charge in [-0.2, -0.15) is 4.89 Å². The van der Waals surface area contributed by atoms with Crippen molar-refractivity contribution < 1.29 is 19.7 Å². The zero-order chi connectivity index (χ0) is 10.4. The summed E-state index contributed by atoms with van der Waals surface area (Å²) in [4.78, 5) is 21.5. The predicted octanol–water partition coefficient (Wildman–Crippen LogP) is 1.09. The van der Waals surface area contributed by atoms with Crippen LogP contribution in [0.3, 0.4) is 0 Å². The van der Waals surface area contributed by atoms with E-state index in [1.165, 1.54) is 0 Å². The highest BCUT2D eigenvalue weighted by atomic mass is 17.2. The quantitative estimate of drug-likeness (QED) is 0.592. The molecule has 2 rings (SSSR count). The van der Waals surface area contributed by atoms with Crippen molar-refractivity contribution in [2.24, 2.45) is 0 Å². The number of aliphatic hydroxyl groups is 1. The van der Waals surface area contributed by atoms with Crippen LogP contribution in [0.2, 0.25) is 0 Å². The highest BCUT2D eigenvalue weighted by Crippen LogP contribution is 2.38. The van der Waals surface area contributed by atoms with Gasteiger partial charge < -0.3 is 5.11 Å². The fourth-order valence-electron chi connectivity index (χ4n) is 1.80. The molecule has 0 bridgehead atoms. The SMILES string of the molecule is CC1(C)C=C2C(=O)CCCC2(O)OO1. The zero-order valence-corrected chi connectivity index (χ0v) is 8.37. The third kappa shape index (κ3) is 1.49. The smallest absolute Gasteiger partial charge is 0.228 e. The van der Waals surface area contributed by atoms with Crippen molar-refractivity contribution in [1.29, 1.82) is 0 Å². The van der Waals surface area contributed by atoms with Crippen LogP contribution in [0.5, 0.6) is 0 Å². The Kier molecular flexibility index (Phi) is 2.03. The third-order valence-corrected chi connectivity index (χ3v) is 2.53. The Morgan fingerprint density at radius 3 is 2.86 bits per heavy atom. The second-order valence-corrected chi connectivity index (χ2v) is 4.39. The Morgan fingerprint density at radius 2 is 2.14 bits per heavy atom. The Hall–Kier alpha value is -0.710. The van der Waals surface area contributed by atoms with E-state index < -0.39 is 11.4 Å². The van der Waals surface area contributed by atoms with Crippen LogP contribution in [0.1, 0.15) is 33.1 Å². The van der Waals surface area contributed by atoms with Crippen molar-refractivity contribution in [2.45, 2.75) is 44.5 Å². The Balaban J connectivity index is 2.40. The van der Waals surface area contributed by atoms with E-state index in [1.54, 1.807) is 19.9 Å². The van der Waals surface area contributed by atoms with Crippen LogP contribution in [-0.2, 0) is 14.6 Å². The topological polar surface area (TPSA) is 55.8 Å². The van der Waals surface area contributed by atoms with E-state index >= 15 is 0 Å². The van der Waals surface area contributed by atoms with Crippen LogP contribution < -0.4 is 0 Å². The third-order valence-electron chi connectivity index (χ3n) is 2.53. The van der Waals surface area contributed by atoms with E-state index in [0.717, 1.165) is 0 Å². The molecule has 1 unspecified atom stereocenters. The summed E-state index contributed by atoms with van der Waals surface area (Å²) in [5.74, 6) is -1.56. The molecule has 0 radical (unpaired) electrons. The lowest BCUT2D eigenvalue weighted by Gasteiger charge is -2.39. The van der Waals surface area contributed by atoms with Gasteiger partial charge in [-0.3, -0.25) is 4.79 Å². The molecule has 2 aliphatic rings. The molecule has 1 aliphatic heterocycles. The molecule has 4 heteroatoms. The van der Waals surface area contributed by atoms with E-state index in [1.807, 2.05) is 0 Å². The predicted molar refractivity (Wildman–Crippen MR) is 48.1 cm³/mol. The Bertz CT molecular complexity index is 305. The van der Waals surface area contributed by atoms with Crippen molar-refractivity contribution in [2.75, 3.05) is 0 Å². The summed E-state index contributed by atoms with van der Waals surface area (Å²) in [5.41, 5.74) is -0.297. The first-order valence-electron chi connectivity index (χ1n) is 4.79. The maximum Gasteiger partial charge on any atom is 0.228 e. The normalized spacial score (nSPS) is 36.2. The molecule has 1 N–H and O–H groups in total. The lowest BCUT2D eigenvalue weighted by Crippen LogP contribution is -2.48. The van der Waals surface area contributed by atoms with Gasteiger partial charge in [0.05, 0.1) is 5.57 Å². The second kappa shape index (κ2) is 2.89. The van der Waals surface area contributed by atoms with Crippen LogP contribution >= 0.6 is 0 Å². The fraction of sp³-hybridized carbons (Fsp3) is 0.700. The van der Waals surface area contributed by atoms with Crippen LogP contribution in [0.4, 0.5) is 0 Å². The molecule has 14 heavy (non-hydrogen) atoms. The molecule has 0 spiro atoms. The molecule has 1 atom stereocenters. The van der Waals surface area contributed by atoms with Gasteiger partial charge in [-0.05, 0) is 26.3 Å². The standard InChI is InChI=1S/C10H14O4/c1-9(2)6-7-8(11)4-3-5-10(7,12)14-13-9/h6,12H,3-5H2,1-2H3. The van der Waals surface area contributed by atoms with Crippen molar-refractivity contribution in [3.63, 3.8) is 0 Å². The number of carbonyl (C=O) groups is 1. The van der Waals surface area contributed by atoms with E-state index in [-0.39, 0.29) is 5.78 Å². The maximum atomic E-state index is 11.6. The number of hydrogen-bond donors (Lipinski definition) is 1. The van der Waals surface area contributed by atoms with Crippen molar-refractivity contribution >= 4 is 5.78 Å². The first-order valence-corrected chi connectivity index (χ1v) is 4.79. The van der Waals surface area contributed by atoms with Gasteiger partial charge >= 0.3 is 0 Å². The van der Waals surface area contributed by atoms with Crippen molar-refractivity contribution in [3.8, 4) is 0 Å². The Labute approximate surface area is 82.4 Å². The van der Waals surface area contributed by atoms with Crippen molar-refractivity contribution in [3.05, 3.63) is 11.6 Å². The number of ketones is 1. The van der Waals surface area contributed by atoms with Gasteiger partial charge in [0.2, 0.25) is 5.79 Å². The van der Waals surface area contributed by atoms with Gasteiger partial charge in [-0.25, -0.2) is 4.89 Å². The number of fused-ring (bicyclic) bond motifs is 1. The number of hydrogen-bond acceptors (Lipinski definition) is 4. The summed E-state index contributed by atoms with van der Waals surface area (Å²) in [5, 5.41) is 9.96. The summed E-state index contributed by atoms with van der Waals surface area (Å²) in [6.45, 7) is 3.56. The second-order valence-electron chi connectivity index (χ2n) is 4.39. The van der Waals surface area contributed by atoms with Gasteiger partial charge in [0.15, 0.2) is 5.78 Å². The molecule has 0 amide bonds. The minimum Gasteiger partial charge on any atom is -0.360 e. The molecule has 0 aromatic heterocycles. The van der Waals surface area contributed by atoms with Crippen LogP contribution in [0.15, 0.2) is 11.6 Å². The fourth-order valence-corrected chi connectivity index (χ4v) is 1.80. The van der Waals surface area contributed by atoms with Gasteiger partial charge in [-0.1, -0.05) is 0 Å². The highest BCUT2D eigenvalue weighted by Gasteiger charge is 2.46. The van der Waals surface area contributed by atoms with E-state index in [4.69, 9.17) is 9.78 Å². The Morgan fingerprint density at radius 1 is 1.43 bits per heavy atom. The average Bonchev–Trinajstić information content (AvgIpc) is 2.08. The molecule has 1 aliphatic carbocycles. The summed E-state index contributed by atoms with van der Waals surface area (Å²) in [7, 11) is 0. The summed E-state index contributed by atoms with van der Waals surface area (Å²) < 4.78 is 0. The van der Waals surface area contributed by atoms with E-state index in [9.17, 15) is 9.90 Å². The molecule has 1 saturated carbocycles. The molecule has 0 aromatic rings. The van der Waals surface area contributed by atoms with Gasteiger partial charge in [0, 0.05) is 12.8 Å². The minimum absolute atomic E-state index is 0.0462. The van der Waals surface area contributed by atoms with Gasteiger partial charge in [0.25, 0.3) is 0 Å². The molecule has 1 fully saturated rings. The first-order chi connectivity index (χ1) is 6.43. The zero-order valence-electron chi connectivity index (χ0n) is 8.37. The summed E-state index contributed by atoms with van der Waals surface area (Å²) in [6.07, 6.45) is 3.18. The largest absolute Gasteiger partial charge is 0.360 e. The molecular weight excluding hydrogens is 184 g/mol. The van der Waals surface area contributed by atoms with Crippen LogP contribution in [0.25, 0.3) is 0 Å². The average molecular weight is 198 g/mol. The van der Waals surface area contributed by atoms with Gasteiger partial charge in [-0.15, -0.1) is 0 Å². The van der Waals surface area contributed by atoms with E-state index in [0.29, 0.717) is 24.8 Å². The minimum atomic E-state index is -1.51. The lowest BCUT2D eigenvalue weighted by atomic mass is 9.84. The van der Waals surface area contributed by atoms with Crippen molar-refractivity contribution in [1.82, 2.24) is 0 Å². The summed E-state index contributed by atoms with van der Waals surface area (Å²) >= 11 is 0. The van der Waals surface area contributed by atoms with E-state index in [2.05, 4.69) is 0 Å². The number of carbonyl (C=O) groups excluding carboxylic acids is 1. The van der Waals surface area contributed by atoms with Crippen LogP contribution in [-0.4, -0.2) is 22.3 Å². The van der Waals surface area contributed by atoms with Crippen LogP contribution in [0, 0.1) is 0 Å². The molecule has 0 saturated heterocycles. The molecule has 78 valence electrons. The highest BCUT2D eigenvalue weighted by molar-refractivity contribution is 5.98. The number of Topliss-reactive ketones (excluding diaryl/α,β-unsaturated/α-hetero) is 1. The number of rotatable bonds is 0. The first kappa shape index (κ1) is 9.83. The molecule has 4 nitrogen and oxygen atoms in total. The molecule has 0 aromatic carbocycles.